The number of nitrogens with zero attached hydrogens (tertiary/aromatic N) is 1. The monoisotopic (exact) mass is 389 g/mol. The van der Waals surface area contributed by atoms with E-state index < -0.39 is 0 Å². The van der Waals surface area contributed by atoms with Gasteiger partial charge in [-0.25, -0.2) is 4.98 Å². The highest BCUT2D eigenvalue weighted by Crippen LogP contribution is 2.44. The van der Waals surface area contributed by atoms with E-state index >= 15 is 0 Å². The molecule has 0 atom stereocenters. The van der Waals surface area contributed by atoms with Crippen molar-refractivity contribution in [3.05, 3.63) is 88.5 Å². The van der Waals surface area contributed by atoms with Crippen LogP contribution in [0.5, 0.6) is 0 Å². The molecule has 1 aromatic heterocycles. The Morgan fingerprint density at radius 2 is 1.53 bits per heavy atom. The van der Waals surface area contributed by atoms with Gasteiger partial charge in [0.1, 0.15) is 0 Å². The van der Waals surface area contributed by atoms with Crippen molar-refractivity contribution in [1.82, 2.24) is 4.98 Å². The normalized spacial score (nSPS) is 14.3. The molecule has 0 radical (unpaired) electrons. The van der Waals surface area contributed by atoms with Crippen LogP contribution in [-0.2, 0) is 12.8 Å². The zero-order valence-electron chi connectivity index (χ0n) is 17.3. The minimum absolute atomic E-state index is 0.0958. The molecule has 0 saturated heterocycles. The fourth-order valence-corrected chi connectivity index (χ4v) is 5.11. The van der Waals surface area contributed by atoms with E-state index in [-0.39, 0.29) is 5.78 Å². The van der Waals surface area contributed by atoms with E-state index in [4.69, 9.17) is 4.98 Å². The van der Waals surface area contributed by atoms with Crippen LogP contribution in [0.1, 0.15) is 58.8 Å². The summed E-state index contributed by atoms with van der Waals surface area (Å²) >= 11 is 0. The lowest BCUT2D eigenvalue weighted by molar-refractivity contribution is 0.104. The number of benzene rings is 3. The molecule has 2 aliphatic carbocycles. The van der Waals surface area contributed by atoms with Gasteiger partial charge in [-0.1, -0.05) is 62.4 Å². The lowest BCUT2D eigenvalue weighted by atomic mass is 9.90. The molecule has 0 aliphatic heterocycles. The number of rotatable bonds is 2. The summed E-state index contributed by atoms with van der Waals surface area (Å²) in [6, 6.07) is 21.2. The van der Waals surface area contributed by atoms with Gasteiger partial charge in [0.25, 0.3) is 0 Å². The molecule has 30 heavy (non-hydrogen) atoms. The molecule has 2 heteroatoms. The Morgan fingerprint density at radius 1 is 0.833 bits per heavy atom. The van der Waals surface area contributed by atoms with Crippen LogP contribution in [0, 0.1) is 0 Å². The topological polar surface area (TPSA) is 30.0 Å². The van der Waals surface area contributed by atoms with E-state index in [2.05, 4.69) is 50.2 Å². The highest BCUT2D eigenvalue weighted by Gasteiger charge is 2.32. The molecule has 0 fully saturated rings. The molecule has 2 nitrogen and oxygen atoms in total. The third kappa shape index (κ3) is 2.43. The summed E-state index contributed by atoms with van der Waals surface area (Å²) in [5.74, 6) is 0.575. The molecule has 1 heterocycles. The smallest absolute Gasteiger partial charge is 0.196 e. The van der Waals surface area contributed by atoms with Crippen LogP contribution < -0.4 is 0 Å². The van der Waals surface area contributed by atoms with Crippen LogP contribution in [0.15, 0.2) is 60.7 Å². The molecule has 0 spiro atoms. The molecule has 0 saturated carbocycles. The van der Waals surface area contributed by atoms with E-state index in [0.717, 1.165) is 57.3 Å². The summed E-state index contributed by atoms with van der Waals surface area (Å²) in [7, 11) is 0. The van der Waals surface area contributed by atoms with E-state index in [0.29, 0.717) is 5.92 Å². The van der Waals surface area contributed by atoms with Crippen molar-refractivity contribution in [2.24, 2.45) is 0 Å². The van der Waals surface area contributed by atoms with Crippen molar-refractivity contribution in [1.29, 1.82) is 0 Å². The molecule has 0 amide bonds. The third-order valence-electron chi connectivity index (χ3n) is 6.72. The number of fused-ring (bicyclic) bond motifs is 5. The van der Waals surface area contributed by atoms with Crippen molar-refractivity contribution in [3.63, 3.8) is 0 Å². The zero-order chi connectivity index (χ0) is 20.4. The number of hydrogen-bond acceptors (Lipinski definition) is 2. The number of carbonyl (C=O) groups excluding carboxylic acids is 1. The standard InChI is InChI=1S/C28H23NO/c1-16(2)17-10-12-18(13-11-17)25-23-14-19-6-5-7-20(19)15-24(23)29-27-21-8-3-4-9-22(21)28(30)26(25)27/h3-4,8-16H,5-7H2,1-2H3. The Bertz CT molecular complexity index is 1350. The molecule has 2 aliphatic rings. The molecule has 0 N–H and O–H groups in total. The summed E-state index contributed by atoms with van der Waals surface area (Å²) in [4.78, 5) is 18.5. The Labute approximate surface area is 176 Å². The van der Waals surface area contributed by atoms with Crippen LogP contribution in [0.3, 0.4) is 0 Å². The van der Waals surface area contributed by atoms with Gasteiger partial charge in [0.2, 0.25) is 0 Å². The number of pyridine rings is 1. The van der Waals surface area contributed by atoms with Gasteiger partial charge in [0, 0.05) is 22.1 Å². The van der Waals surface area contributed by atoms with Crippen LogP contribution in [0.2, 0.25) is 0 Å². The summed E-state index contributed by atoms with van der Waals surface area (Å²) in [5, 5.41) is 1.10. The number of carbonyl (C=O) groups is 1. The molecule has 4 aromatic rings. The van der Waals surface area contributed by atoms with Crippen molar-refractivity contribution in [2.75, 3.05) is 0 Å². The molecule has 3 aromatic carbocycles. The Hall–Kier alpha value is -3.26. The van der Waals surface area contributed by atoms with Crippen LogP contribution >= 0.6 is 0 Å². The molecule has 6 rings (SSSR count). The number of aromatic nitrogens is 1. The quantitative estimate of drug-likeness (QED) is 0.335. The second kappa shape index (κ2) is 6.37. The minimum atomic E-state index is 0.0958. The Balaban J connectivity index is 1.71. The minimum Gasteiger partial charge on any atom is -0.288 e. The van der Waals surface area contributed by atoms with Crippen molar-refractivity contribution >= 4 is 16.7 Å². The van der Waals surface area contributed by atoms with Gasteiger partial charge < -0.3 is 0 Å². The van der Waals surface area contributed by atoms with Gasteiger partial charge in [-0.15, -0.1) is 0 Å². The lowest BCUT2D eigenvalue weighted by Crippen LogP contribution is -2.01. The van der Waals surface area contributed by atoms with E-state index in [1.807, 2.05) is 24.3 Å². The average molecular weight is 389 g/mol. The lowest BCUT2D eigenvalue weighted by Gasteiger charge is -2.15. The van der Waals surface area contributed by atoms with Gasteiger partial charge in [-0.2, -0.15) is 0 Å². The predicted molar refractivity (Wildman–Crippen MR) is 122 cm³/mol. The maximum absolute atomic E-state index is 13.5. The van der Waals surface area contributed by atoms with E-state index in [9.17, 15) is 4.79 Å². The van der Waals surface area contributed by atoms with Crippen LogP contribution in [0.4, 0.5) is 0 Å². The Morgan fingerprint density at radius 3 is 2.27 bits per heavy atom. The van der Waals surface area contributed by atoms with E-state index in [1.165, 1.54) is 23.1 Å². The second-order valence-electron chi connectivity index (χ2n) is 8.85. The van der Waals surface area contributed by atoms with Gasteiger partial charge in [-0.3, -0.25) is 4.79 Å². The first kappa shape index (κ1) is 17.6. The van der Waals surface area contributed by atoms with Crippen LogP contribution in [-0.4, -0.2) is 10.8 Å². The van der Waals surface area contributed by atoms with E-state index in [1.54, 1.807) is 0 Å². The first-order valence-corrected chi connectivity index (χ1v) is 10.9. The first-order chi connectivity index (χ1) is 14.6. The van der Waals surface area contributed by atoms with Gasteiger partial charge in [-0.05, 0) is 59.6 Å². The zero-order valence-corrected chi connectivity index (χ0v) is 17.3. The molecule has 0 bridgehead atoms. The maximum Gasteiger partial charge on any atom is 0.196 e. The predicted octanol–water partition coefficient (Wildman–Crippen LogP) is 6.73. The molecular formula is C28H23NO. The SMILES string of the molecule is CC(C)c1ccc(-c2c3c(nc4cc5c(cc24)CCC5)-c2ccccc2C3=O)cc1. The maximum atomic E-state index is 13.5. The summed E-state index contributed by atoms with van der Waals surface area (Å²) < 4.78 is 0. The molecular weight excluding hydrogens is 366 g/mol. The fraction of sp³-hybridized carbons (Fsp3) is 0.214. The number of ketones is 1. The number of aryl methyl sites for hydroxylation is 2. The van der Waals surface area contributed by atoms with Crippen molar-refractivity contribution in [2.45, 2.75) is 39.0 Å². The van der Waals surface area contributed by atoms with Crippen molar-refractivity contribution < 1.29 is 4.79 Å². The highest BCUT2D eigenvalue weighted by molar-refractivity contribution is 6.26. The Kier molecular flexibility index (Phi) is 3.73. The summed E-state index contributed by atoms with van der Waals surface area (Å²) in [6.07, 6.45) is 3.44. The first-order valence-electron chi connectivity index (χ1n) is 10.9. The van der Waals surface area contributed by atoms with Crippen molar-refractivity contribution in [3.8, 4) is 22.4 Å². The molecule has 146 valence electrons. The highest BCUT2D eigenvalue weighted by atomic mass is 16.1. The molecule has 0 unspecified atom stereocenters. The van der Waals surface area contributed by atoms with Gasteiger partial charge in [0.15, 0.2) is 5.78 Å². The third-order valence-corrected chi connectivity index (χ3v) is 6.72. The largest absolute Gasteiger partial charge is 0.288 e. The second-order valence-corrected chi connectivity index (χ2v) is 8.85. The summed E-state index contributed by atoms with van der Waals surface area (Å²) in [6.45, 7) is 4.41. The fourth-order valence-electron chi connectivity index (χ4n) is 5.11. The van der Waals surface area contributed by atoms with Gasteiger partial charge >= 0.3 is 0 Å². The summed E-state index contributed by atoms with van der Waals surface area (Å²) in [5.41, 5.74) is 10.6. The van der Waals surface area contributed by atoms with Crippen LogP contribution in [0.25, 0.3) is 33.3 Å². The number of hydrogen-bond donors (Lipinski definition) is 0. The van der Waals surface area contributed by atoms with Gasteiger partial charge in [0.05, 0.1) is 16.8 Å². The average Bonchev–Trinajstić information content (AvgIpc) is 3.33.